The van der Waals surface area contributed by atoms with E-state index >= 15 is 0 Å². The summed E-state index contributed by atoms with van der Waals surface area (Å²) in [7, 11) is 2.61. The lowest BCUT2D eigenvalue weighted by molar-refractivity contribution is 0.251. The maximum atomic E-state index is 12.0. The Labute approximate surface area is 151 Å². The molecule has 8 heteroatoms. The van der Waals surface area contributed by atoms with E-state index in [-0.39, 0.29) is 6.03 Å². The molecule has 0 saturated heterocycles. The van der Waals surface area contributed by atoms with Gasteiger partial charge in [0.25, 0.3) is 0 Å². The minimum atomic E-state index is -0.328. The number of aliphatic hydroxyl groups excluding tert-OH is 1. The Balaban J connectivity index is 0.00000117. The van der Waals surface area contributed by atoms with Gasteiger partial charge in [0.05, 0.1) is 12.8 Å². The fourth-order valence-electron chi connectivity index (χ4n) is 2.19. The highest BCUT2D eigenvalue weighted by Gasteiger charge is 2.07. The predicted molar refractivity (Wildman–Crippen MR) is 98.8 cm³/mol. The summed E-state index contributed by atoms with van der Waals surface area (Å²) in [6, 6.07) is 12.7. The summed E-state index contributed by atoms with van der Waals surface area (Å²) >= 11 is 0. The number of methoxy groups -OCH3 is 1. The Morgan fingerprint density at radius 1 is 1.19 bits per heavy atom. The van der Waals surface area contributed by atoms with Crippen molar-refractivity contribution in [3.63, 3.8) is 0 Å². The molecule has 26 heavy (non-hydrogen) atoms. The van der Waals surface area contributed by atoms with Crippen molar-refractivity contribution in [3.8, 4) is 17.0 Å². The third kappa shape index (κ3) is 5.32. The van der Waals surface area contributed by atoms with Gasteiger partial charge in [0.2, 0.25) is 0 Å². The number of carbonyl (C=O) groups excluding carboxylic acids is 1. The topological polar surface area (TPSA) is 112 Å². The average molecular weight is 355 g/mol. The summed E-state index contributed by atoms with van der Waals surface area (Å²) in [4.78, 5) is 15.9. The number of pyridine rings is 1. The van der Waals surface area contributed by atoms with E-state index < -0.39 is 0 Å². The molecule has 0 aliphatic rings. The van der Waals surface area contributed by atoms with Crippen LogP contribution in [-0.2, 0) is 6.54 Å². The monoisotopic (exact) mass is 355 g/mol. The van der Waals surface area contributed by atoms with Crippen molar-refractivity contribution in [1.29, 1.82) is 0 Å². The number of benzene rings is 1. The van der Waals surface area contributed by atoms with Gasteiger partial charge in [-0.2, -0.15) is 5.10 Å². The first-order valence-corrected chi connectivity index (χ1v) is 7.83. The number of aromatic amines is 1. The number of aromatic nitrogens is 3. The second-order valence-electron chi connectivity index (χ2n) is 5.06. The van der Waals surface area contributed by atoms with Crippen molar-refractivity contribution in [2.75, 3.05) is 19.5 Å². The van der Waals surface area contributed by atoms with Crippen LogP contribution in [0.4, 0.5) is 10.6 Å². The first-order chi connectivity index (χ1) is 12.7. The summed E-state index contributed by atoms with van der Waals surface area (Å²) in [6.07, 6.45) is 3.40. The molecule has 0 unspecified atom stereocenters. The summed E-state index contributed by atoms with van der Waals surface area (Å²) in [6.45, 7) is 0.394. The zero-order valence-corrected chi connectivity index (χ0v) is 14.6. The van der Waals surface area contributed by atoms with Crippen molar-refractivity contribution in [2.24, 2.45) is 0 Å². The normalized spacial score (nSPS) is 9.65. The summed E-state index contributed by atoms with van der Waals surface area (Å²) in [5.74, 6) is 1.20. The van der Waals surface area contributed by atoms with Gasteiger partial charge in [0.15, 0.2) is 5.82 Å². The van der Waals surface area contributed by atoms with Crippen LogP contribution in [0.3, 0.4) is 0 Å². The van der Waals surface area contributed by atoms with Crippen LogP contribution in [-0.4, -0.2) is 40.5 Å². The molecule has 0 saturated carbocycles. The fourth-order valence-corrected chi connectivity index (χ4v) is 2.19. The molecule has 0 aliphatic carbocycles. The highest BCUT2D eigenvalue weighted by Crippen LogP contribution is 2.18. The van der Waals surface area contributed by atoms with Crippen LogP contribution in [0.2, 0.25) is 0 Å². The Bertz CT molecular complexity index is 820. The molecule has 0 spiro atoms. The molecule has 0 aliphatic heterocycles. The molecule has 4 N–H and O–H groups in total. The second-order valence-corrected chi connectivity index (χ2v) is 5.06. The van der Waals surface area contributed by atoms with Crippen molar-refractivity contribution < 1.29 is 14.6 Å². The molecule has 8 nitrogen and oxygen atoms in total. The molecule has 3 rings (SSSR count). The molecular weight excluding hydrogens is 334 g/mol. The molecule has 0 radical (unpaired) electrons. The number of anilines is 1. The van der Waals surface area contributed by atoms with Crippen LogP contribution >= 0.6 is 0 Å². The first kappa shape index (κ1) is 18.9. The van der Waals surface area contributed by atoms with E-state index in [9.17, 15) is 4.79 Å². The lowest BCUT2D eigenvalue weighted by Gasteiger charge is -2.07. The summed E-state index contributed by atoms with van der Waals surface area (Å²) in [5.41, 5.74) is 2.70. The molecule has 136 valence electrons. The number of rotatable bonds is 5. The van der Waals surface area contributed by atoms with Gasteiger partial charge < -0.3 is 15.2 Å². The highest BCUT2D eigenvalue weighted by atomic mass is 16.5. The van der Waals surface area contributed by atoms with E-state index in [0.717, 1.165) is 29.7 Å². The molecule has 0 bridgehead atoms. The van der Waals surface area contributed by atoms with Gasteiger partial charge in [-0.25, -0.2) is 4.79 Å². The molecular formula is C18H21N5O3. The standard InChI is InChI=1S/C17H17N5O2.CH4O/c1-24-14-4-2-3-12(9-14)11-19-17(23)20-16-10-15(21-22-16)13-5-7-18-8-6-13;1-2/h2-10H,11H2,1H3,(H3,19,20,21,22,23);2H,1H3. The number of aliphatic hydroxyl groups is 1. The number of H-pyrrole nitrogens is 1. The van der Waals surface area contributed by atoms with Gasteiger partial charge in [-0.15, -0.1) is 0 Å². The van der Waals surface area contributed by atoms with E-state index in [1.54, 1.807) is 25.6 Å². The van der Waals surface area contributed by atoms with Crippen molar-refractivity contribution >= 4 is 11.8 Å². The van der Waals surface area contributed by atoms with Crippen LogP contribution in [0.15, 0.2) is 54.9 Å². The van der Waals surface area contributed by atoms with E-state index in [2.05, 4.69) is 25.8 Å². The largest absolute Gasteiger partial charge is 0.497 e. The number of nitrogens with one attached hydrogen (secondary N) is 3. The number of amides is 2. The zero-order chi connectivity index (χ0) is 18.8. The first-order valence-electron chi connectivity index (χ1n) is 7.83. The Kier molecular flexibility index (Phi) is 7.14. The average Bonchev–Trinajstić information content (AvgIpc) is 3.17. The Morgan fingerprint density at radius 3 is 2.69 bits per heavy atom. The van der Waals surface area contributed by atoms with Gasteiger partial charge in [-0.05, 0) is 29.8 Å². The van der Waals surface area contributed by atoms with E-state index in [4.69, 9.17) is 9.84 Å². The number of ether oxygens (including phenoxy) is 1. The lowest BCUT2D eigenvalue weighted by Crippen LogP contribution is -2.28. The summed E-state index contributed by atoms with van der Waals surface area (Å²) in [5, 5.41) is 19.4. The van der Waals surface area contributed by atoms with Crippen LogP contribution in [0.25, 0.3) is 11.3 Å². The number of urea groups is 1. The molecule has 3 aromatic rings. The molecule has 2 amide bonds. The lowest BCUT2D eigenvalue weighted by atomic mass is 10.2. The third-order valence-electron chi connectivity index (χ3n) is 3.40. The zero-order valence-electron chi connectivity index (χ0n) is 14.6. The van der Waals surface area contributed by atoms with Crippen LogP contribution < -0.4 is 15.4 Å². The fraction of sp³-hybridized carbons (Fsp3) is 0.167. The van der Waals surface area contributed by atoms with Crippen LogP contribution in [0.1, 0.15) is 5.56 Å². The van der Waals surface area contributed by atoms with Gasteiger partial charge in [-0.1, -0.05) is 12.1 Å². The summed E-state index contributed by atoms with van der Waals surface area (Å²) < 4.78 is 5.16. The Hall–Kier alpha value is -3.39. The van der Waals surface area contributed by atoms with Gasteiger partial charge in [0, 0.05) is 37.7 Å². The SMILES string of the molecule is CO.COc1cccc(CNC(=O)Nc2cc(-c3ccncc3)[nH]n2)c1. The quantitative estimate of drug-likeness (QED) is 0.561. The molecule has 0 fully saturated rings. The van der Waals surface area contributed by atoms with Crippen molar-refractivity contribution in [2.45, 2.75) is 6.54 Å². The van der Waals surface area contributed by atoms with Gasteiger partial charge in [0.1, 0.15) is 5.75 Å². The van der Waals surface area contributed by atoms with E-state index in [0.29, 0.717) is 12.4 Å². The molecule has 1 aromatic carbocycles. The smallest absolute Gasteiger partial charge is 0.320 e. The number of carbonyl (C=O) groups is 1. The minimum absolute atomic E-state index is 0.328. The maximum absolute atomic E-state index is 12.0. The van der Waals surface area contributed by atoms with Crippen molar-refractivity contribution in [3.05, 3.63) is 60.4 Å². The molecule has 2 heterocycles. The minimum Gasteiger partial charge on any atom is -0.497 e. The van der Waals surface area contributed by atoms with Crippen LogP contribution in [0.5, 0.6) is 5.75 Å². The third-order valence-corrected chi connectivity index (χ3v) is 3.40. The molecule has 0 atom stereocenters. The van der Waals surface area contributed by atoms with Crippen molar-refractivity contribution in [1.82, 2.24) is 20.5 Å². The molecule has 2 aromatic heterocycles. The van der Waals surface area contributed by atoms with Gasteiger partial charge in [-0.3, -0.25) is 15.4 Å². The Morgan fingerprint density at radius 2 is 1.96 bits per heavy atom. The second kappa shape index (κ2) is 9.80. The van der Waals surface area contributed by atoms with Crippen LogP contribution in [0, 0.1) is 0 Å². The number of hydrogen-bond acceptors (Lipinski definition) is 5. The van der Waals surface area contributed by atoms with Gasteiger partial charge >= 0.3 is 6.03 Å². The number of hydrogen-bond donors (Lipinski definition) is 4. The van der Waals surface area contributed by atoms with E-state index in [1.807, 2.05) is 36.4 Å². The number of nitrogens with zero attached hydrogens (tertiary/aromatic N) is 2. The maximum Gasteiger partial charge on any atom is 0.320 e. The predicted octanol–water partition coefficient (Wildman–Crippen LogP) is 2.41. The van der Waals surface area contributed by atoms with E-state index in [1.165, 1.54) is 0 Å². The highest BCUT2D eigenvalue weighted by molar-refractivity contribution is 5.88.